The number of likely N-dealkylation sites (tertiary alicyclic amines) is 1. The zero-order chi connectivity index (χ0) is 14.8. The summed E-state index contributed by atoms with van der Waals surface area (Å²) in [5, 5.41) is 4.93. The third kappa shape index (κ3) is 4.41. The first-order valence-corrected chi connectivity index (χ1v) is 8.71. The number of piperidine rings is 1. The van der Waals surface area contributed by atoms with Crippen molar-refractivity contribution in [3.05, 3.63) is 0 Å². The van der Waals surface area contributed by atoms with E-state index in [1.54, 1.807) is 0 Å². The Hall–Kier alpha value is -0.700. The fourth-order valence-corrected chi connectivity index (χ4v) is 3.63. The van der Waals surface area contributed by atoms with E-state index in [1.165, 1.54) is 0 Å². The lowest BCUT2D eigenvalue weighted by atomic mass is 9.96. The van der Waals surface area contributed by atoms with Gasteiger partial charge >= 0.3 is 0 Å². The molecule has 1 aliphatic carbocycles. The van der Waals surface area contributed by atoms with E-state index in [-0.39, 0.29) is 23.8 Å². The standard InChI is InChI=1S/C12H24N4O3S/c13-11-4-3-10(6-11)12(17)16-5-1-2-9(8-16)7-15-20(14,18)19/h9-11,15H,1-8,13H2,(H2,14,18,19). The number of carbonyl (C=O) groups is 1. The van der Waals surface area contributed by atoms with E-state index in [1.807, 2.05) is 4.90 Å². The van der Waals surface area contributed by atoms with Gasteiger partial charge in [-0.15, -0.1) is 0 Å². The lowest BCUT2D eigenvalue weighted by Gasteiger charge is -2.34. The molecule has 3 atom stereocenters. The van der Waals surface area contributed by atoms with Crippen LogP contribution in [0, 0.1) is 11.8 Å². The molecule has 1 aliphatic heterocycles. The van der Waals surface area contributed by atoms with Gasteiger partial charge in [0.25, 0.3) is 10.2 Å². The van der Waals surface area contributed by atoms with Gasteiger partial charge in [-0.05, 0) is 38.0 Å². The molecule has 116 valence electrons. The monoisotopic (exact) mass is 304 g/mol. The van der Waals surface area contributed by atoms with E-state index in [2.05, 4.69) is 4.72 Å². The molecule has 1 saturated carbocycles. The van der Waals surface area contributed by atoms with Gasteiger partial charge < -0.3 is 10.6 Å². The minimum Gasteiger partial charge on any atom is -0.342 e. The maximum absolute atomic E-state index is 12.4. The van der Waals surface area contributed by atoms with Crippen LogP contribution < -0.4 is 15.6 Å². The van der Waals surface area contributed by atoms with E-state index in [0.717, 1.165) is 38.6 Å². The molecular weight excluding hydrogens is 280 g/mol. The fourth-order valence-electron chi connectivity index (χ4n) is 3.16. The molecule has 0 aromatic heterocycles. The molecule has 0 spiro atoms. The van der Waals surface area contributed by atoms with E-state index in [9.17, 15) is 13.2 Å². The summed E-state index contributed by atoms with van der Waals surface area (Å²) in [6, 6.07) is 0.147. The highest BCUT2D eigenvalue weighted by Crippen LogP contribution is 2.28. The third-order valence-electron chi connectivity index (χ3n) is 4.23. The Labute approximate surface area is 120 Å². The van der Waals surface area contributed by atoms with Crippen molar-refractivity contribution in [3.63, 3.8) is 0 Å². The molecule has 0 bridgehead atoms. The molecule has 1 heterocycles. The maximum Gasteiger partial charge on any atom is 0.274 e. The Morgan fingerprint density at radius 3 is 2.65 bits per heavy atom. The number of nitrogens with zero attached hydrogens (tertiary/aromatic N) is 1. The van der Waals surface area contributed by atoms with Crippen LogP contribution in [-0.2, 0) is 15.0 Å². The summed E-state index contributed by atoms with van der Waals surface area (Å²) in [6.45, 7) is 1.66. The van der Waals surface area contributed by atoms with Crippen molar-refractivity contribution in [1.29, 1.82) is 0 Å². The van der Waals surface area contributed by atoms with Crippen LogP contribution in [0.25, 0.3) is 0 Å². The molecule has 20 heavy (non-hydrogen) atoms. The number of carbonyl (C=O) groups excluding carboxylic acids is 1. The first-order chi connectivity index (χ1) is 9.35. The Kier molecular flexibility index (Phi) is 5.00. The van der Waals surface area contributed by atoms with Gasteiger partial charge in [-0.1, -0.05) is 0 Å². The van der Waals surface area contributed by atoms with E-state index in [0.29, 0.717) is 13.1 Å². The molecule has 1 amide bonds. The quantitative estimate of drug-likeness (QED) is 0.626. The van der Waals surface area contributed by atoms with Crippen LogP contribution in [0.15, 0.2) is 0 Å². The van der Waals surface area contributed by atoms with Gasteiger partial charge in [0, 0.05) is 31.6 Å². The van der Waals surface area contributed by atoms with Gasteiger partial charge in [0.2, 0.25) is 5.91 Å². The predicted molar refractivity (Wildman–Crippen MR) is 75.7 cm³/mol. The Morgan fingerprint density at radius 1 is 1.30 bits per heavy atom. The van der Waals surface area contributed by atoms with Crippen LogP contribution in [0.2, 0.25) is 0 Å². The highest BCUT2D eigenvalue weighted by molar-refractivity contribution is 7.87. The van der Waals surface area contributed by atoms with Crippen molar-refractivity contribution in [2.45, 2.75) is 38.1 Å². The highest BCUT2D eigenvalue weighted by Gasteiger charge is 2.33. The first-order valence-electron chi connectivity index (χ1n) is 7.17. The number of hydrogen-bond acceptors (Lipinski definition) is 4. The van der Waals surface area contributed by atoms with Crippen LogP contribution in [0.1, 0.15) is 32.1 Å². The van der Waals surface area contributed by atoms with Crippen LogP contribution in [0.4, 0.5) is 0 Å². The molecule has 2 aliphatic rings. The largest absolute Gasteiger partial charge is 0.342 e. The van der Waals surface area contributed by atoms with Crippen LogP contribution in [0.5, 0.6) is 0 Å². The first kappa shape index (κ1) is 15.7. The van der Waals surface area contributed by atoms with Gasteiger partial charge in [-0.25, -0.2) is 9.86 Å². The summed E-state index contributed by atoms with van der Waals surface area (Å²) >= 11 is 0. The third-order valence-corrected chi connectivity index (χ3v) is 4.80. The lowest BCUT2D eigenvalue weighted by molar-refractivity contribution is -0.137. The molecule has 1 saturated heterocycles. The van der Waals surface area contributed by atoms with E-state index < -0.39 is 10.2 Å². The number of rotatable bonds is 4. The van der Waals surface area contributed by atoms with Crippen molar-refractivity contribution >= 4 is 16.1 Å². The number of amides is 1. The summed E-state index contributed by atoms with van der Waals surface area (Å²) in [4.78, 5) is 14.3. The van der Waals surface area contributed by atoms with Gasteiger partial charge in [0.1, 0.15) is 0 Å². The SMILES string of the molecule is NC1CCC(C(=O)N2CCCC(CNS(N)(=O)=O)C2)C1. The second-order valence-corrected chi connectivity index (χ2v) is 7.33. The van der Waals surface area contributed by atoms with Gasteiger partial charge in [0.15, 0.2) is 0 Å². The molecule has 0 aromatic carbocycles. The Bertz CT molecular complexity index is 454. The van der Waals surface area contributed by atoms with Crippen LogP contribution in [0.3, 0.4) is 0 Å². The molecule has 2 rings (SSSR count). The van der Waals surface area contributed by atoms with Gasteiger partial charge in [-0.3, -0.25) is 4.79 Å². The zero-order valence-electron chi connectivity index (χ0n) is 11.6. The number of nitrogens with one attached hydrogen (secondary N) is 1. The number of nitrogens with two attached hydrogens (primary N) is 2. The predicted octanol–water partition coefficient (Wildman–Crippen LogP) is -0.854. The molecule has 3 unspecified atom stereocenters. The molecule has 5 N–H and O–H groups in total. The second kappa shape index (κ2) is 6.38. The van der Waals surface area contributed by atoms with E-state index in [4.69, 9.17) is 10.9 Å². The normalized spacial score (nSPS) is 31.5. The molecule has 0 radical (unpaired) electrons. The van der Waals surface area contributed by atoms with Crippen molar-refractivity contribution in [1.82, 2.24) is 9.62 Å². The summed E-state index contributed by atoms with van der Waals surface area (Å²) in [5.41, 5.74) is 5.85. The summed E-state index contributed by atoms with van der Waals surface area (Å²) in [7, 11) is -3.65. The molecule has 0 aromatic rings. The fraction of sp³-hybridized carbons (Fsp3) is 0.917. The summed E-state index contributed by atoms with van der Waals surface area (Å²) in [6.07, 6.45) is 4.38. The number of hydrogen-bond donors (Lipinski definition) is 3. The maximum atomic E-state index is 12.4. The molecule has 2 fully saturated rings. The van der Waals surface area contributed by atoms with Gasteiger partial charge in [0.05, 0.1) is 0 Å². The van der Waals surface area contributed by atoms with Crippen molar-refractivity contribution in [3.8, 4) is 0 Å². The van der Waals surface area contributed by atoms with Crippen LogP contribution in [-0.4, -0.2) is 44.9 Å². The Morgan fingerprint density at radius 2 is 2.05 bits per heavy atom. The minimum absolute atomic E-state index is 0.0509. The molecular formula is C12H24N4O3S. The second-order valence-electron chi connectivity index (χ2n) is 5.96. The molecule has 7 nitrogen and oxygen atoms in total. The highest BCUT2D eigenvalue weighted by atomic mass is 32.2. The van der Waals surface area contributed by atoms with Crippen molar-refractivity contribution < 1.29 is 13.2 Å². The van der Waals surface area contributed by atoms with Crippen LogP contribution >= 0.6 is 0 Å². The van der Waals surface area contributed by atoms with Gasteiger partial charge in [-0.2, -0.15) is 8.42 Å². The lowest BCUT2D eigenvalue weighted by Crippen LogP contribution is -2.46. The summed E-state index contributed by atoms with van der Waals surface area (Å²) < 4.78 is 24.1. The average molecular weight is 304 g/mol. The average Bonchev–Trinajstić information content (AvgIpc) is 2.82. The van der Waals surface area contributed by atoms with Crippen molar-refractivity contribution in [2.24, 2.45) is 22.7 Å². The topological polar surface area (TPSA) is 119 Å². The van der Waals surface area contributed by atoms with E-state index >= 15 is 0 Å². The van der Waals surface area contributed by atoms with Crippen molar-refractivity contribution in [2.75, 3.05) is 19.6 Å². The minimum atomic E-state index is -3.65. The zero-order valence-corrected chi connectivity index (χ0v) is 12.4. The Balaban J connectivity index is 1.85. The smallest absolute Gasteiger partial charge is 0.274 e. The molecule has 8 heteroatoms. The summed E-state index contributed by atoms with van der Waals surface area (Å²) in [5.74, 6) is 0.370.